The molecule has 2 nitrogen and oxygen atoms in total. The Balaban J connectivity index is 1.86. The molecule has 0 spiro atoms. The van der Waals surface area contributed by atoms with E-state index in [4.69, 9.17) is 16.3 Å². The third kappa shape index (κ3) is 1.96. The van der Waals surface area contributed by atoms with E-state index in [1.165, 1.54) is 27.8 Å². The third-order valence-electron chi connectivity index (χ3n) is 5.54. The van der Waals surface area contributed by atoms with Crippen molar-refractivity contribution in [1.29, 1.82) is 0 Å². The Hall–Kier alpha value is -2.58. The van der Waals surface area contributed by atoms with Gasteiger partial charge in [0, 0.05) is 11.8 Å². The van der Waals surface area contributed by atoms with Gasteiger partial charge in [-0.15, -0.1) is 0 Å². The quantitative estimate of drug-likeness (QED) is 0.388. The van der Waals surface area contributed by atoms with E-state index < -0.39 is 0 Å². The van der Waals surface area contributed by atoms with Crippen molar-refractivity contribution in [1.82, 2.24) is 0 Å². The molecule has 0 heterocycles. The molecule has 6 rings (SSSR count). The van der Waals surface area contributed by atoms with Crippen molar-refractivity contribution in [2.24, 2.45) is 0 Å². The molecule has 3 aromatic rings. The van der Waals surface area contributed by atoms with E-state index in [9.17, 15) is 4.79 Å². The fraction of sp³-hybridized carbons (Fsp3) is 0.174. The van der Waals surface area contributed by atoms with Gasteiger partial charge in [0.2, 0.25) is 0 Å². The van der Waals surface area contributed by atoms with E-state index in [1.807, 2.05) is 13.0 Å². The van der Waals surface area contributed by atoms with E-state index in [1.54, 1.807) is 0 Å². The Kier molecular flexibility index (Phi) is 3.44. The summed E-state index contributed by atoms with van der Waals surface area (Å²) in [6.45, 7) is 2.15. The third-order valence-corrected chi connectivity index (χ3v) is 5.86. The number of carbonyl (C=O) groups is 1. The summed E-state index contributed by atoms with van der Waals surface area (Å²) >= 11 is 6.48. The standard InChI is InChI=1S/C23H17ClO2/c1-2-26-23(25)22-18(24)12-11-17-19-13-7-3-5-9-15(13)20(21(17)22)16-10-6-4-8-14(16)19/h3-12,19-20H,2H2,1H3. The van der Waals surface area contributed by atoms with E-state index in [0.29, 0.717) is 17.2 Å². The van der Waals surface area contributed by atoms with Crippen LogP contribution in [0.3, 0.4) is 0 Å². The average Bonchev–Trinajstić information content (AvgIpc) is 2.67. The summed E-state index contributed by atoms with van der Waals surface area (Å²) in [5.74, 6) is -0.190. The second kappa shape index (κ2) is 5.72. The van der Waals surface area contributed by atoms with Crippen molar-refractivity contribution >= 4 is 17.6 Å². The van der Waals surface area contributed by atoms with E-state index >= 15 is 0 Å². The molecule has 128 valence electrons. The highest BCUT2D eigenvalue weighted by atomic mass is 35.5. The summed E-state index contributed by atoms with van der Waals surface area (Å²) in [6.07, 6.45) is 0. The number of rotatable bonds is 2. The Labute approximate surface area is 157 Å². The van der Waals surface area contributed by atoms with E-state index in [0.717, 1.165) is 5.56 Å². The van der Waals surface area contributed by atoms with Crippen LogP contribution in [0.2, 0.25) is 5.02 Å². The summed E-state index contributed by atoms with van der Waals surface area (Å²) in [6, 6.07) is 20.9. The largest absolute Gasteiger partial charge is 0.462 e. The van der Waals surface area contributed by atoms with E-state index in [-0.39, 0.29) is 17.8 Å². The van der Waals surface area contributed by atoms with Crippen molar-refractivity contribution in [3.05, 3.63) is 105 Å². The average molecular weight is 361 g/mol. The first kappa shape index (κ1) is 15.7. The highest BCUT2D eigenvalue weighted by Gasteiger charge is 2.43. The summed E-state index contributed by atoms with van der Waals surface area (Å²) in [5, 5.41) is 0.463. The van der Waals surface area contributed by atoms with Gasteiger partial charge in [-0.25, -0.2) is 4.79 Å². The first-order chi connectivity index (χ1) is 12.7. The maximum Gasteiger partial charge on any atom is 0.339 e. The maximum absolute atomic E-state index is 12.7. The van der Waals surface area contributed by atoms with Gasteiger partial charge < -0.3 is 4.74 Å². The van der Waals surface area contributed by atoms with Gasteiger partial charge in [-0.1, -0.05) is 66.2 Å². The van der Waals surface area contributed by atoms with Gasteiger partial charge in [0.15, 0.2) is 0 Å². The number of hydrogen-bond acceptors (Lipinski definition) is 2. The number of benzene rings is 3. The van der Waals surface area contributed by atoms with Crippen LogP contribution >= 0.6 is 11.6 Å². The molecule has 0 amide bonds. The molecule has 26 heavy (non-hydrogen) atoms. The lowest BCUT2D eigenvalue weighted by Crippen LogP contribution is -2.29. The summed E-state index contributed by atoms with van der Waals surface area (Å²) in [7, 11) is 0. The van der Waals surface area contributed by atoms with Crippen molar-refractivity contribution in [2.75, 3.05) is 6.61 Å². The monoisotopic (exact) mass is 360 g/mol. The number of ether oxygens (including phenoxy) is 1. The highest BCUT2D eigenvalue weighted by Crippen LogP contribution is 2.57. The van der Waals surface area contributed by atoms with Gasteiger partial charge in [0.05, 0.1) is 17.2 Å². The number of carbonyl (C=O) groups excluding carboxylic acids is 1. The highest BCUT2D eigenvalue weighted by molar-refractivity contribution is 6.34. The molecule has 2 bridgehead atoms. The topological polar surface area (TPSA) is 26.3 Å². The van der Waals surface area contributed by atoms with Crippen LogP contribution in [0.25, 0.3) is 0 Å². The fourth-order valence-electron chi connectivity index (χ4n) is 4.64. The predicted octanol–water partition coefficient (Wildman–Crippen LogP) is 5.50. The van der Waals surface area contributed by atoms with Crippen LogP contribution in [0, 0.1) is 0 Å². The fourth-order valence-corrected chi connectivity index (χ4v) is 4.88. The van der Waals surface area contributed by atoms with Crippen LogP contribution in [0.5, 0.6) is 0 Å². The van der Waals surface area contributed by atoms with Gasteiger partial charge in [-0.05, 0) is 46.4 Å². The van der Waals surface area contributed by atoms with Crippen LogP contribution in [-0.2, 0) is 4.74 Å². The van der Waals surface area contributed by atoms with Crippen molar-refractivity contribution < 1.29 is 9.53 Å². The van der Waals surface area contributed by atoms with Crippen LogP contribution in [0.15, 0.2) is 60.7 Å². The Morgan fingerprint density at radius 2 is 1.38 bits per heavy atom. The first-order valence-corrected chi connectivity index (χ1v) is 9.27. The van der Waals surface area contributed by atoms with Crippen LogP contribution in [0.1, 0.15) is 62.5 Å². The molecule has 0 fully saturated rings. The molecule has 0 saturated heterocycles. The molecule has 0 N–H and O–H groups in total. The van der Waals surface area contributed by atoms with Gasteiger partial charge in [0.25, 0.3) is 0 Å². The maximum atomic E-state index is 12.7. The molecule has 0 atom stereocenters. The zero-order valence-corrected chi connectivity index (χ0v) is 15.1. The molecule has 0 radical (unpaired) electrons. The van der Waals surface area contributed by atoms with Crippen LogP contribution in [0.4, 0.5) is 0 Å². The summed E-state index contributed by atoms with van der Waals surface area (Å²) in [4.78, 5) is 12.7. The number of halogens is 1. The lowest BCUT2D eigenvalue weighted by Gasteiger charge is -2.43. The van der Waals surface area contributed by atoms with Gasteiger partial charge >= 0.3 is 5.97 Å². The minimum atomic E-state index is -0.336. The second-order valence-electron chi connectivity index (χ2n) is 6.77. The number of hydrogen-bond donors (Lipinski definition) is 0. The van der Waals surface area contributed by atoms with Crippen LogP contribution < -0.4 is 0 Å². The SMILES string of the molecule is CCOC(=O)c1c(Cl)ccc2c1C1c3ccccc3C2c2ccccc21. The zero-order chi connectivity index (χ0) is 17.8. The predicted molar refractivity (Wildman–Crippen MR) is 102 cm³/mol. The molecule has 0 unspecified atom stereocenters. The van der Waals surface area contributed by atoms with Crippen molar-refractivity contribution in [3.8, 4) is 0 Å². The molecule has 3 aliphatic carbocycles. The molecule has 3 aliphatic rings. The molecular weight excluding hydrogens is 344 g/mol. The first-order valence-electron chi connectivity index (χ1n) is 8.89. The molecule has 0 aliphatic heterocycles. The van der Waals surface area contributed by atoms with E-state index in [2.05, 4.69) is 54.6 Å². The normalized spacial score (nSPS) is 18.7. The summed E-state index contributed by atoms with van der Waals surface area (Å²) < 4.78 is 5.34. The summed E-state index contributed by atoms with van der Waals surface area (Å²) in [5.41, 5.74) is 7.86. The Morgan fingerprint density at radius 3 is 1.92 bits per heavy atom. The minimum absolute atomic E-state index is 0.0144. The Morgan fingerprint density at radius 1 is 0.846 bits per heavy atom. The van der Waals surface area contributed by atoms with Gasteiger partial charge in [-0.3, -0.25) is 0 Å². The smallest absolute Gasteiger partial charge is 0.339 e. The van der Waals surface area contributed by atoms with Gasteiger partial charge in [0.1, 0.15) is 0 Å². The van der Waals surface area contributed by atoms with Crippen LogP contribution in [-0.4, -0.2) is 12.6 Å². The molecule has 3 aromatic carbocycles. The van der Waals surface area contributed by atoms with Crippen molar-refractivity contribution in [3.63, 3.8) is 0 Å². The lowest BCUT2D eigenvalue weighted by atomic mass is 9.60. The minimum Gasteiger partial charge on any atom is -0.462 e. The molecule has 0 aromatic heterocycles. The van der Waals surface area contributed by atoms with Gasteiger partial charge in [-0.2, -0.15) is 0 Å². The zero-order valence-electron chi connectivity index (χ0n) is 14.3. The second-order valence-corrected chi connectivity index (χ2v) is 7.18. The lowest BCUT2D eigenvalue weighted by molar-refractivity contribution is 0.0525. The molecular formula is C23H17ClO2. The molecule has 0 saturated carbocycles. The van der Waals surface area contributed by atoms with Crippen molar-refractivity contribution in [2.45, 2.75) is 18.8 Å². The number of esters is 1. The molecule has 3 heteroatoms. The Bertz CT molecular complexity index is 1010.